The van der Waals surface area contributed by atoms with E-state index in [1.54, 1.807) is 35.9 Å². The molecule has 0 fully saturated rings. The summed E-state index contributed by atoms with van der Waals surface area (Å²) >= 11 is 1.67. The Morgan fingerprint density at radius 2 is 1.91 bits per heavy atom. The van der Waals surface area contributed by atoms with Gasteiger partial charge in [0.15, 0.2) is 0 Å². The fourth-order valence-corrected chi connectivity index (χ4v) is 6.11. The van der Waals surface area contributed by atoms with Crippen LogP contribution in [-0.4, -0.2) is 30.3 Å². The van der Waals surface area contributed by atoms with Crippen molar-refractivity contribution in [3.63, 3.8) is 0 Å². The van der Waals surface area contributed by atoms with E-state index in [9.17, 15) is 4.79 Å². The van der Waals surface area contributed by atoms with Crippen LogP contribution in [-0.2, 0) is 0 Å². The number of thiophene rings is 1. The zero-order chi connectivity index (χ0) is 29.3. The molecule has 9 heteroatoms. The highest BCUT2D eigenvalue weighted by molar-refractivity contribution is 7.08. The third kappa shape index (κ3) is 5.22. The lowest BCUT2D eigenvalue weighted by molar-refractivity contribution is 0.102. The van der Waals surface area contributed by atoms with Crippen LogP contribution in [0.2, 0.25) is 0 Å². The van der Waals surface area contributed by atoms with E-state index in [0.717, 1.165) is 62.0 Å². The van der Waals surface area contributed by atoms with Crippen LogP contribution in [0, 0.1) is 0 Å². The van der Waals surface area contributed by atoms with Crippen LogP contribution in [0.5, 0.6) is 0 Å². The van der Waals surface area contributed by atoms with E-state index >= 15 is 0 Å². The number of nitrogens with one attached hydrogen (secondary N) is 3. The SMILES string of the molecule is CN1CN=C(C2=CNC3=C(CC(N)=CC=C3c3ccsc3)N2)c2cc(-c3cncc(NC(=O)c4ccccc4)c3)ccc21. The third-order valence-electron chi connectivity index (χ3n) is 7.62. The summed E-state index contributed by atoms with van der Waals surface area (Å²) in [4.78, 5) is 24.3. The largest absolute Gasteiger partial charge is 0.402 e. The van der Waals surface area contributed by atoms with Gasteiger partial charge in [-0.05, 0) is 64.4 Å². The van der Waals surface area contributed by atoms with Crippen molar-refractivity contribution in [3.8, 4) is 11.1 Å². The Labute approximate surface area is 253 Å². The van der Waals surface area contributed by atoms with Crippen LogP contribution in [0.25, 0.3) is 16.7 Å². The fraction of sp³-hybridized carbons (Fsp3) is 0.0882. The Morgan fingerprint density at radius 1 is 1.02 bits per heavy atom. The summed E-state index contributed by atoms with van der Waals surface area (Å²) in [6, 6.07) is 19.5. The van der Waals surface area contributed by atoms with Gasteiger partial charge in [-0.15, -0.1) is 0 Å². The van der Waals surface area contributed by atoms with Crippen molar-refractivity contribution in [2.45, 2.75) is 6.42 Å². The molecule has 5 N–H and O–H groups in total. The molecule has 1 aliphatic carbocycles. The highest BCUT2D eigenvalue weighted by Crippen LogP contribution is 2.35. The summed E-state index contributed by atoms with van der Waals surface area (Å²) in [6.45, 7) is 0.539. The standard InChI is InChI=1S/C34H29N7OS/c1-41-20-38-33(30-18-37-32-27(23-11-12-43-19-23)9-8-25(35)15-29(32)40-30)28-14-22(7-10-31(28)41)24-13-26(17-36-16-24)39-34(42)21-5-3-2-4-6-21/h2-14,16-19,37,40H,15,20,35H2,1H3,(H,39,42). The quantitative estimate of drug-likeness (QED) is 0.235. The number of hydrogen-bond donors (Lipinski definition) is 4. The summed E-state index contributed by atoms with van der Waals surface area (Å²) < 4.78 is 0. The predicted molar refractivity (Wildman–Crippen MR) is 174 cm³/mol. The number of hydrogen-bond acceptors (Lipinski definition) is 8. The van der Waals surface area contributed by atoms with Crippen LogP contribution < -0.4 is 26.6 Å². The van der Waals surface area contributed by atoms with E-state index < -0.39 is 0 Å². The van der Waals surface area contributed by atoms with Crippen molar-refractivity contribution in [1.29, 1.82) is 0 Å². The molecular formula is C34H29N7OS. The van der Waals surface area contributed by atoms with Gasteiger partial charge in [0.2, 0.25) is 0 Å². The average Bonchev–Trinajstić information content (AvgIpc) is 3.51. The number of aliphatic imine (C=N–C) groups is 1. The molecule has 8 nitrogen and oxygen atoms in total. The molecule has 212 valence electrons. The minimum Gasteiger partial charge on any atom is -0.402 e. The van der Waals surface area contributed by atoms with E-state index in [0.29, 0.717) is 24.3 Å². The lowest BCUT2D eigenvalue weighted by atomic mass is 9.96. The van der Waals surface area contributed by atoms with Gasteiger partial charge < -0.3 is 26.6 Å². The predicted octanol–water partition coefficient (Wildman–Crippen LogP) is 5.83. The average molecular weight is 584 g/mol. The van der Waals surface area contributed by atoms with E-state index in [4.69, 9.17) is 10.7 Å². The number of fused-ring (bicyclic) bond motifs is 1. The Hall–Kier alpha value is -5.41. The lowest BCUT2D eigenvalue weighted by Crippen LogP contribution is -2.35. The summed E-state index contributed by atoms with van der Waals surface area (Å²) in [7, 11) is 2.04. The Bertz CT molecular complexity index is 1880. The first-order valence-corrected chi connectivity index (χ1v) is 14.9. The molecule has 0 bridgehead atoms. The summed E-state index contributed by atoms with van der Waals surface area (Å²) in [5.41, 5.74) is 18.3. The first-order chi connectivity index (χ1) is 21.0. The van der Waals surface area contributed by atoms with E-state index in [1.807, 2.05) is 43.6 Å². The molecule has 0 saturated carbocycles. The molecule has 2 aliphatic heterocycles. The highest BCUT2D eigenvalue weighted by Gasteiger charge is 2.27. The molecule has 7 rings (SSSR count). The topological polar surface area (TPSA) is 108 Å². The van der Waals surface area contributed by atoms with Gasteiger partial charge >= 0.3 is 0 Å². The third-order valence-corrected chi connectivity index (χ3v) is 8.30. The minimum atomic E-state index is -0.177. The maximum atomic E-state index is 12.7. The molecule has 1 amide bonds. The molecule has 3 aliphatic rings. The second-order valence-corrected chi connectivity index (χ2v) is 11.3. The smallest absolute Gasteiger partial charge is 0.255 e. The van der Waals surface area contributed by atoms with Crippen LogP contribution in [0.4, 0.5) is 11.4 Å². The normalized spacial score (nSPS) is 15.9. The number of anilines is 2. The van der Waals surface area contributed by atoms with Crippen LogP contribution in [0.15, 0.2) is 130 Å². The van der Waals surface area contributed by atoms with Crippen LogP contribution in [0.3, 0.4) is 0 Å². The second kappa shape index (κ2) is 11.1. The van der Waals surface area contributed by atoms with E-state index in [1.165, 1.54) is 0 Å². The molecular weight excluding hydrogens is 554 g/mol. The maximum absolute atomic E-state index is 12.7. The summed E-state index contributed by atoms with van der Waals surface area (Å²) in [5.74, 6) is -0.177. The zero-order valence-electron chi connectivity index (χ0n) is 23.5. The maximum Gasteiger partial charge on any atom is 0.255 e. The second-order valence-electron chi connectivity index (χ2n) is 10.6. The monoisotopic (exact) mass is 583 g/mol. The van der Waals surface area contributed by atoms with E-state index in [-0.39, 0.29) is 5.91 Å². The molecule has 0 unspecified atom stereocenters. The molecule has 2 aromatic carbocycles. The van der Waals surface area contributed by atoms with Gasteiger partial charge in [-0.25, -0.2) is 0 Å². The van der Waals surface area contributed by atoms with Gasteiger partial charge in [0, 0.05) is 65.2 Å². The number of carbonyl (C=O) groups excluding carboxylic acids is 1. The Balaban J connectivity index is 1.19. The molecule has 4 heterocycles. The van der Waals surface area contributed by atoms with Crippen LogP contribution in [0.1, 0.15) is 27.9 Å². The lowest BCUT2D eigenvalue weighted by Gasteiger charge is -2.31. The number of benzene rings is 2. The number of amides is 1. The summed E-state index contributed by atoms with van der Waals surface area (Å²) in [5, 5.41) is 14.4. The van der Waals surface area contributed by atoms with Crippen molar-refractivity contribution in [3.05, 3.63) is 142 Å². The zero-order valence-corrected chi connectivity index (χ0v) is 24.3. The fourth-order valence-electron chi connectivity index (χ4n) is 5.45. The van der Waals surface area contributed by atoms with Gasteiger partial charge in [-0.1, -0.05) is 30.3 Å². The molecule has 2 aromatic heterocycles. The number of pyridine rings is 1. The number of allylic oxidation sites excluding steroid dienone is 4. The number of rotatable bonds is 5. The van der Waals surface area contributed by atoms with E-state index in [2.05, 4.69) is 66.9 Å². The Morgan fingerprint density at radius 3 is 2.74 bits per heavy atom. The Kier molecular flexibility index (Phi) is 6.84. The van der Waals surface area contributed by atoms with Gasteiger partial charge in [-0.2, -0.15) is 11.3 Å². The van der Waals surface area contributed by atoms with Gasteiger partial charge in [-0.3, -0.25) is 14.8 Å². The molecule has 43 heavy (non-hydrogen) atoms. The van der Waals surface area contributed by atoms with Gasteiger partial charge in [0.25, 0.3) is 5.91 Å². The van der Waals surface area contributed by atoms with Crippen molar-refractivity contribution in [2.75, 3.05) is 23.9 Å². The number of carbonyl (C=O) groups is 1. The molecule has 0 radical (unpaired) electrons. The number of nitrogens with two attached hydrogens (primary N) is 1. The van der Waals surface area contributed by atoms with Crippen molar-refractivity contribution < 1.29 is 4.79 Å². The van der Waals surface area contributed by atoms with Crippen molar-refractivity contribution >= 4 is 39.9 Å². The van der Waals surface area contributed by atoms with Crippen molar-refractivity contribution in [2.24, 2.45) is 10.7 Å². The van der Waals surface area contributed by atoms with Gasteiger partial charge in [0.05, 0.1) is 29.0 Å². The molecule has 0 atom stereocenters. The van der Waals surface area contributed by atoms with Crippen LogP contribution >= 0.6 is 11.3 Å². The summed E-state index contributed by atoms with van der Waals surface area (Å²) in [6.07, 6.45) is 10.1. The molecule has 4 aromatic rings. The molecule has 0 spiro atoms. The van der Waals surface area contributed by atoms with Gasteiger partial charge in [0.1, 0.15) is 6.67 Å². The first-order valence-electron chi connectivity index (χ1n) is 13.9. The number of aromatic nitrogens is 1. The molecule has 0 saturated heterocycles. The van der Waals surface area contributed by atoms with Crippen molar-refractivity contribution in [1.82, 2.24) is 15.6 Å². The minimum absolute atomic E-state index is 0.177. The highest BCUT2D eigenvalue weighted by atomic mass is 32.1. The first kappa shape index (κ1) is 26.5. The number of nitrogens with zero attached hydrogens (tertiary/aromatic N) is 3.